The number of alkyl halides is 2. The highest BCUT2D eigenvalue weighted by Gasteiger charge is 2.58. The quantitative estimate of drug-likeness (QED) is 0.503. The van der Waals surface area contributed by atoms with Crippen molar-refractivity contribution in [2.75, 3.05) is 13.2 Å². The normalized spacial score (nSPS) is 42.1. The molecule has 1 amide bonds. The van der Waals surface area contributed by atoms with E-state index in [2.05, 4.69) is 15.8 Å². The Hall–Kier alpha value is -1.67. The fraction of sp³-hybridized carbons (Fsp3) is 0.840. The van der Waals surface area contributed by atoms with Gasteiger partial charge in [0.25, 0.3) is 22.0 Å². The van der Waals surface area contributed by atoms with Gasteiger partial charge in [-0.2, -0.15) is 17.0 Å². The highest BCUT2D eigenvalue weighted by atomic mass is 32.2. The van der Waals surface area contributed by atoms with E-state index in [0.29, 0.717) is 26.0 Å². The van der Waals surface area contributed by atoms with Crippen LogP contribution in [-0.2, 0) is 14.9 Å². The molecule has 2 N–H and O–H groups in total. The molecule has 5 saturated heterocycles. The van der Waals surface area contributed by atoms with Gasteiger partial charge in [-0.25, -0.2) is 8.78 Å². The van der Waals surface area contributed by atoms with Gasteiger partial charge in [-0.1, -0.05) is 5.16 Å². The van der Waals surface area contributed by atoms with E-state index < -0.39 is 22.0 Å². The minimum Gasteiger partial charge on any atom is -0.373 e. The summed E-state index contributed by atoms with van der Waals surface area (Å²) in [6, 6.07) is 1.23. The summed E-state index contributed by atoms with van der Waals surface area (Å²) in [4.78, 5) is 12.4. The van der Waals surface area contributed by atoms with Gasteiger partial charge in [0, 0.05) is 55.2 Å². The number of rotatable bonds is 8. The minimum atomic E-state index is -3.63. The van der Waals surface area contributed by atoms with Crippen LogP contribution >= 0.6 is 0 Å². The maximum Gasteiger partial charge on any atom is 0.282 e. The maximum atomic E-state index is 14.1. The van der Waals surface area contributed by atoms with Gasteiger partial charge >= 0.3 is 0 Å². The number of nitrogens with one attached hydrogen (secondary N) is 2. The van der Waals surface area contributed by atoms with Gasteiger partial charge in [-0.15, -0.1) is 0 Å². The molecule has 13 heteroatoms. The van der Waals surface area contributed by atoms with Crippen molar-refractivity contribution in [1.29, 1.82) is 0 Å². The average molecular weight is 556 g/mol. The number of carbonyl (C=O) groups excluding carboxylic acids is 1. The first kappa shape index (κ1) is 25.3. The maximum absolute atomic E-state index is 14.1. The zero-order chi connectivity index (χ0) is 26.2. The molecule has 5 aliphatic heterocycles. The van der Waals surface area contributed by atoms with Crippen LogP contribution in [0, 0.1) is 11.8 Å². The van der Waals surface area contributed by atoms with E-state index in [-0.39, 0.29) is 66.3 Å². The van der Waals surface area contributed by atoms with Crippen LogP contribution in [0.5, 0.6) is 0 Å². The number of hydrogen-bond donors (Lipinski definition) is 2. The van der Waals surface area contributed by atoms with Crippen LogP contribution in [0.15, 0.2) is 16.9 Å². The first-order chi connectivity index (χ1) is 18.2. The SMILES string of the molecule is O=C(NC1COC1C1CC2CCC(C1)N2S(=O)(=O)N1C2CCC1CC(NCC1CC1(F)F)C2)c1ccon1. The van der Waals surface area contributed by atoms with E-state index in [1.165, 1.54) is 12.3 Å². The Kier molecular flexibility index (Phi) is 6.12. The van der Waals surface area contributed by atoms with E-state index in [0.717, 1.165) is 38.5 Å². The Morgan fingerprint density at radius 1 is 1.05 bits per heavy atom. The summed E-state index contributed by atoms with van der Waals surface area (Å²) in [6.45, 7) is 0.748. The minimum absolute atomic E-state index is 0.0422. The lowest BCUT2D eigenvalue weighted by Gasteiger charge is -2.49. The second kappa shape index (κ2) is 9.18. The van der Waals surface area contributed by atoms with Crippen molar-refractivity contribution in [3.05, 3.63) is 18.0 Å². The molecule has 0 radical (unpaired) electrons. The van der Waals surface area contributed by atoms with Crippen LogP contribution in [0.25, 0.3) is 0 Å². The van der Waals surface area contributed by atoms with Crippen molar-refractivity contribution < 1.29 is 31.3 Å². The third-order valence-corrected chi connectivity index (χ3v) is 12.1. The first-order valence-electron chi connectivity index (χ1n) is 14.0. The predicted octanol–water partition coefficient (Wildman–Crippen LogP) is 1.90. The van der Waals surface area contributed by atoms with Crippen molar-refractivity contribution in [2.24, 2.45) is 11.8 Å². The highest BCUT2D eigenvalue weighted by molar-refractivity contribution is 7.86. The molecule has 1 aliphatic carbocycles. The van der Waals surface area contributed by atoms with E-state index in [9.17, 15) is 22.0 Å². The van der Waals surface area contributed by atoms with E-state index in [4.69, 9.17) is 9.26 Å². The smallest absolute Gasteiger partial charge is 0.282 e. The van der Waals surface area contributed by atoms with Crippen molar-refractivity contribution in [2.45, 2.75) is 106 Å². The zero-order valence-electron chi connectivity index (χ0n) is 21.2. The number of carbonyl (C=O) groups is 1. The topological polar surface area (TPSA) is 117 Å². The fourth-order valence-corrected chi connectivity index (χ4v) is 10.4. The summed E-state index contributed by atoms with van der Waals surface area (Å²) >= 11 is 0. The van der Waals surface area contributed by atoms with Crippen LogP contribution in [0.4, 0.5) is 8.78 Å². The molecule has 0 spiro atoms. The number of ether oxygens (including phenoxy) is 1. The number of nitrogens with zero attached hydrogens (tertiary/aromatic N) is 3. The molecular weight excluding hydrogens is 520 g/mol. The number of fused-ring (bicyclic) bond motifs is 4. The zero-order valence-corrected chi connectivity index (χ0v) is 22.0. The number of piperidine rings is 2. The molecule has 7 atom stereocenters. The second-order valence-corrected chi connectivity index (χ2v) is 13.9. The summed E-state index contributed by atoms with van der Waals surface area (Å²) in [5, 5.41) is 9.98. The monoisotopic (exact) mass is 555 g/mol. The molecule has 1 aromatic rings. The van der Waals surface area contributed by atoms with Crippen LogP contribution in [0.1, 0.15) is 68.3 Å². The molecule has 10 nitrogen and oxygen atoms in total. The summed E-state index contributed by atoms with van der Waals surface area (Å²) in [5.74, 6) is -3.22. The van der Waals surface area contributed by atoms with Gasteiger partial charge in [-0.3, -0.25) is 4.79 Å². The Bertz CT molecular complexity index is 1140. The summed E-state index contributed by atoms with van der Waals surface area (Å²) in [5.41, 5.74) is 0.232. The number of hydrogen-bond acceptors (Lipinski definition) is 7. The number of aromatic nitrogens is 1. The fourth-order valence-electron chi connectivity index (χ4n) is 7.87. The molecule has 6 fully saturated rings. The van der Waals surface area contributed by atoms with Crippen LogP contribution in [0.3, 0.4) is 0 Å². The molecule has 7 unspecified atom stereocenters. The van der Waals surface area contributed by atoms with Gasteiger partial charge < -0.3 is 19.9 Å². The highest BCUT2D eigenvalue weighted by Crippen LogP contribution is 2.49. The number of amides is 1. The average Bonchev–Trinajstić information content (AvgIpc) is 3.24. The Balaban J connectivity index is 0.981. The molecule has 1 saturated carbocycles. The van der Waals surface area contributed by atoms with Gasteiger partial charge in [0.2, 0.25) is 0 Å². The molecule has 4 bridgehead atoms. The van der Waals surface area contributed by atoms with Crippen molar-refractivity contribution in [3.8, 4) is 0 Å². The predicted molar refractivity (Wildman–Crippen MR) is 131 cm³/mol. The third kappa shape index (κ3) is 4.29. The Morgan fingerprint density at radius 2 is 1.66 bits per heavy atom. The lowest BCUT2D eigenvalue weighted by Crippen LogP contribution is -2.63. The van der Waals surface area contributed by atoms with E-state index in [1.807, 2.05) is 0 Å². The standard InChI is InChI=1S/C25H35F2N5O5S/c26-25(27)11-15(25)12-28-16-9-19-3-4-20(10-16)32(19)38(34,35)31-17-1-2-18(31)8-14(7-17)23-22(13-36-23)29-24(33)21-5-6-37-30-21/h5-6,14-20,22-23,28H,1-4,7-13H2,(H,29,33). The van der Waals surface area contributed by atoms with Crippen LogP contribution in [0.2, 0.25) is 0 Å². The molecule has 1 aromatic heterocycles. The second-order valence-electron chi connectivity index (χ2n) is 12.2. The molecule has 6 heterocycles. The summed E-state index contributed by atoms with van der Waals surface area (Å²) in [7, 11) is -3.63. The summed E-state index contributed by atoms with van der Waals surface area (Å²) < 4.78 is 68.9. The number of halogens is 2. The molecular formula is C25H35F2N5O5S. The van der Waals surface area contributed by atoms with Gasteiger partial charge in [0.05, 0.1) is 18.8 Å². The third-order valence-electron chi connectivity index (χ3n) is 9.83. The van der Waals surface area contributed by atoms with Crippen LogP contribution < -0.4 is 10.6 Å². The largest absolute Gasteiger partial charge is 0.373 e. The van der Waals surface area contributed by atoms with Crippen molar-refractivity contribution >= 4 is 16.1 Å². The lowest BCUT2D eigenvalue weighted by atomic mass is 9.82. The molecule has 7 rings (SSSR count). The van der Waals surface area contributed by atoms with E-state index in [1.54, 1.807) is 8.61 Å². The lowest BCUT2D eigenvalue weighted by molar-refractivity contribution is -0.126. The van der Waals surface area contributed by atoms with Crippen LogP contribution in [-0.4, -0.2) is 89.5 Å². The Labute approximate surface area is 221 Å². The van der Waals surface area contributed by atoms with Gasteiger partial charge in [0.15, 0.2) is 5.69 Å². The molecule has 0 aromatic carbocycles. The molecule has 210 valence electrons. The molecule has 38 heavy (non-hydrogen) atoms. The molecule has 6 aliphatic rings. The first-order valence-corrected chi connectivity index (χ1v) is 15.4. The van der Waals surface area contributed by atoms with Gasteiger partial charge in [0.1, 0.15) is 6.26 Å². The Morgan fingerprint density at radius 3 is 2.16 bits per heavy atom. The van der Waals surface area contributed by atoms with Crippen molar-refractivity contribution in [1.82, 2.24) is 24.4 Å². The van der Waals surface area contributed by atoms with E-state index >= 15 is 0 Å². The van der Waals surface area contributed by atoms with Crippen molar-refractivity contribution in [3.63, 3.8) is 0 Å². The summed E-state index contributed by atoms with van der Waals surface area (Å²) in [6.07, 6.45) is 7.34. The van der Waals surface area contributed by atoms with Gasteiger partial charge in [-0.05, 0) is 57.3 Å².